The first-order valence-electron chi connectivity index (χ1n) is 6.06. The summed E-state index contributed by atoms with van der Waals surface area (Å²) in [6.07, 6.45) is 0.124. The van der Waals surface area contributed by atoms with Gasteiger partial charge in [0.1, 0.15) is 6.04 Å². The molecule has 2 N–H and O–H groups in total. The Hall–Kier alpha value is -1.30. The van der Waals surface area contributed by atoms with Crippen molar-refractivity contribution in [3.05, 3.63) is 0 Å². The van der Waals surface area contributed by atoms with Crippen molar-refractivity contribution in [1.82, 2.24) is 10.6 Å². The van der Waals surface area contributed by atoms with E-state index in [1.165, 1.54) is 7.11 Å². The molecule has 0 aliphatic heterocycles. The van der Waals surface area contributed by atoms with E-state index in [9.17, 15) is 9.59 Å². The van der Waals surface area contributed by atoms with E-state index in [0.29, 0.717) is 6.61 Å². The minimum atomic E-state index is -0.603. The maximum atomic E-state index is 12.0. The van der Waals surface area contributed by atoms with Gasteiger partial charge in [-0.25, -0.2) is 4.79 Å². The van der Waals surface area contributed by atoms with Gasteiger partial charge in [-0.15, -0.1) is 0 Å². The van der Waals surface area contributed by atoms with Crippen LogP contribution in [-0.4, -0.2) is 44.9 Å². The molecule has 18 heavy (non-hydrogen) atoms. The summed E-state index contributed by atoms with van der Waals surface area (Å²) in [6, 6.07) is -0.597. The molecular formula is C12H24N2O4. The van der Waals surface area contributed by atoms with Crippen LogP contribution in [0.5, 0.6) is 0 Å². The second kappa shape index (κ2) is 8.74. The van der Waals surface area contributed by atoms with Crippen molar-refractivity contribution in [2.45, 2.75) is 39.3 Å². The summed E-state index contributed by atoms with van der Waals surface area (Å²) in [5.41, 5.74) is 0. The zero-order chi connectivity index (χ0) is 14.1. The Morgan fingerprint density at radius 3 is 2.17 bits per heavy atom. The quantitative estimate of drug-likeness (QED) is 0.713. The maximum Gasteiger partial charge on any atom is 0.407 e. The summed E-state index contributed by atoms with van der Waals surface area (Å²) >= 11 is 0. The summed E-state index contributed by atoms with van der Waals surface area (Å²) < 4.78 is 9.44. The molecule has 106 valence electrons. The number of hydrogen-bond donors (Lipinski definition) is 2. The minimum Gasteiger partial charge on any atom is -0.453 e. The number of hydrogen-bond acceptors (Lipinski definition) is 4. The van der Waals surface area contributed by atoms with Crippen LogP contribution >= 0.6 is 0 Å². The van der Waals surface area contributed by atoms with Gasteiger partial charge in [0.15, 0.2) is 0 Å². The van der Waals surface area contributed by atoms with E-state index in [1.807, 2.05) is 20.8 Å². The van der Waals surface area contributed by atoms with Gasteiger partial charge in [0.05, 0.1) is 7.11 Å². The molecule has 0 saturated carbocycles. The number of amides is 2. The van der Waals surface area contributed by atoms with Crippen molar-refractivity contribution >= 4 is 12.0 Å². The van der Waals surface area contributed by atoms with Crippen LogP contribution in [0.1, 0.15) is 27.2 Å². The first kappa shape index (κ1) is 16.7. The average Bonchev–Trinajstić information content (AvgIpc) is 2.32. The van der Waals surface area contributed by atoms with E-state index in [0.717, 1.165) is 6.42 Å². The summed E-state index contributed by atoms with van der Waals surface area (Å²) in [7, 11) is 2.89. The van der Waals surface area contributed by atoms with Crippen LogP contribution in [0.2, 0.25) is 0 Å². The molecule has 0 radical (unpaired) electrons. The van der Waals surface area contributed by atoms with E-state index in [2.05, 4.69) is 15.4 Å². The second-order valence-electron chi connectivity index (χ2n) is 4.55. The molecule has 0 rings (SSSR count). The average molecular weight is 260 g/mol. The molecule has 0 aliphatic rings. The van der Waals surface area contributed by atoms with Crippen LogP contribution in [0.15, 0.2) is 0 Å². The number of nitrogens with one attached hydrogen (secondary N) is 2. The minimum absolute atomic E-state index is 0.00172. The van der Waals surface area contributed by atoms with Gasteiger partial charge in [-0.1, -0.05) is 13.8 Å². The first-order chi connectivity index (χ1) is 8.42. The van der Waals surface area contributed by atoms with Crippen molar-refractivity contribution in [3.8, 4) is 0 Å². The molecule has 0 aliphatic carbocycles. The van der Waals surface area contributed by atoms with Crippen LogP contribution in [-0.2, 0) is 14.3 Å². The van der Waals surface area contributed by atoms with Gasteiger partial charge < -0.3 is 20.1 Å². The third-order valence-corrected chi connectivity index (χ3v) is 2.55. The van der Waals surface area contributed by atoms with E-state index in [4.69, 9.17) is 4.74 Å². The zero-order valence-electron chi connectivity index (χ0n) is 11.8. The number of rotatable bonds is 7. The van der Waals surface area contributed by atoms with Crippen molar-refractivity contribution in [3.63, 3.8) is 0 Å². The van der Waals surface area contributed by atoms with E-state index in [-0.39, 0.29) is 17.9 Å². The standard InChI is InChI=1S/C12H24N2O4/c1-8(2)10(14-12(16)18-5)11(15)13-9(3)6-7-17-4/h8-10H,6-7H2,1-5H3,(H,13,15)(H,14,16). The summed E-state index contributed by atoms with van der Waals surface area (Å²) in [4.78, 5) is 23.1. The Morgan fingerprint density at radius 2 is 1.72 bits per heavy atom. The van der Waals surface area contributed by atoms with E-state index < -0.39 is 12.1 Å². The molecule has 0 spiro atoms. The monoisotopic (exact) mass is 260 g/mol. The molecule has 0 fully saturated rings. The molecule has 0 aromatic rings. The molecule has 6 heteroatoms. The van der Waals surface area contributed by atoms with E-state index in [1.54, 1.807) is 7.11 Å². The van der Waals surface area contributed by atoms with E-state index >= 15 is 0 Å². The predicted molar refractivity (Wildman–Crippen MR) is 68.3 cm³/mol. The largest absolute Gasteiger partial charge is 0.453 e. The molecule has 0 aromatic carbocycles. The SMILES string of the molecule is COCCC(C)NC(=O)C(NC(=O)OC)C(C)C. The third kappa shape index (κ3) is 6.44. The number of alkyl carbamates (subject to hydrolysis) is 1. The van der Waals surface area contributed by atoms with Gasteiger partial charge in [0.2, 0.25) is 5.91 Å². The topological polar surface area (TPSA) is 76.7 Å². The van der Waals surface area contributed by atoms with Gasteiger partial charge >= 0.3 is 6.09 Å². The maximum absolute atomic E-state index is 12.0. The lowest BCUT2D eigenvalue weighted by Crippen LogP contribution is -2.51. The fraction of sp³-hybridized carbons (Fsp3) is 0.833. The highest BCUT2D eigenvalue weighted by molar-refractivity contribution is 5.86. The highest BCUT2D eigenvalue weighted by Gasteiger charge is 2.25. The zero-order valence-corrected chi connectivity index (χ0v) is 11.8. The Bertz CT molecular complexity index is 269. The summed E-state index contributed by atoms with van der Waals surface area (Å²) in [5.74, 6) is -0.224. The summed E-state index contributed by atoms with van der Waals surface area (Å²) in [6.45, 7) is 6.20. The van der Waals surface area contributed by atoms with Gasteiger partial charge in [0, 0.05) is 19.8 Å². The molecule has 0 saturated heterocycles. The Kier molecular flexibility index (Phi) is 8.11. The Balaban J connectivity index is 4.34. The highest BCUT2D eigenvalue weighted by Crippen LogP contribution is 2.03. The summed E-state index contributed by atoms with van der Waals surface area (Å²) in [5, 5.41) is 5.36. The van der Waals surface area contributed by atoms with Crippen molar-refractivity contribution in [2.24, 2.45) is 5.92 Å². The molecule has 6 nitrogen and oxygen atoms in total. The number of carbonyl (C=O) groups excluding carboxylic acids is 2. The first-order valence-corrected chi connectivity index (χ1v) is 6.06. The molecular weight excluding hydrogens is 236 g/mol. The van der Waals surface area contributed by atoms with Crippen LogP contribution in [0.25, 0.3) is 0 Å². The molecule has 0 aromatic heterocycles. The second-order valence-corrected chi connectivity index (χ2v) is 4.55. The van der Waals surface area contributed by atoms with Crippen LogP contribution in [0, 0.1) is 5.92 Å². The lowest BCUT2D eigenvalue weighted by molar-refractivity contribution is -0.124. The molecule has 0 bridgehead atoms. The van der Waals surface area contributed by atoms with Crippen molar-refractivity contribution in [2.75, 3.05) is 20.8 Å². The van der Waals surface area contributed by atoms with Crippen LogP contribution < -0.4 is 10.6 Å². The van der Waals surface area contributed by atoms with Gasteiger partial charge in [0.25, 0.3) is 0 Å². The predicted octanol–water partition coefficient (Wildman–Crippen LogP) is 0.908. The number of carbonyl (C=O) groups is 2. The van der Waals surface area contributed by atoms with Gasteiger partial charge in [-0.3, -0.25) is 4.79 Å². The number of ether oxygens (including phenoxy) is 2. The third-order valence-electron chi connectivity index (χ3n) is 2.55. The van der Waals surface area contributed by atoms with Crippen LogP contribution in [0.3, 0.4) is 0 Å². The fourth-order valence-corrected chi connectivity index (χ4v) is 1.42. The Labute approximate surface area is 108 Å². The smallest absolute Gasteiger partial charge is 0.407 e. The molecule has 2 amide bonds. The number of methoxy groups -OCH3 is 2. The Morgan fingerprint density at radius 1 is 1.11 bits per heavy atom. The van der Waals surface area contributed by atoms with Crippen molar-refractivity contribution in [1.29, 1.82) is 0 Å². The lowest BCUT2D eigenvalue weighted by atomic mass is 10.0. The molecule has 2 atom stereocenters. The molecule has 0 heterocycles. The van der Waals surface area contributed by atoms with Crippen LogP contribution in [0.4, 0.5) is 4.79 Å². The normalized spacial score (nSPS) is 13.9. The lowest BCUT2D eigenvalue weighted by Gasteiger charge is -2.23. The molecule has 2 unspecified atom stereocenters. The van der Waals surface area contributed by atoms with Gasteiger partial charge in [-0.2, -0.15) is 0 Å². The fourth-order valence-electron chi connectivity index (χ4n) is 1.42. The van der Waals surface area contributed by atoms with Crippen molar-refractivity contribution < 1.29 is 19.1 Å². The van der Waals surface area contributed by atoms with Gasteiger partial charge in [-0.05, 0) is 19.3 Å². The highest BCUT2D eigenvalue weighted by atomic mass is 16.5.